The van der Waals surface area contributed by atoms with Gasteiger partial charge in [-0.15, -0.1) is 11.3 Å². The van der Waals surface area contributed by atoms with Gasteiger partial charge in [0.2, 0.25) is 10.0 Å². The lowest BCUT2D eigenvalue weighted by Gasteiger charge is -2.17. The molecule has 1 N–H and O–H groups in total. The van der Waals surface area contributed by atoms with Gasteiger partial charge in [0, 0.05) is 19.0 Å². The zero-order valence-electron chi connectivity index (χ0n) is 10.2. The monoisotopic (exact) mass is 337 g/mol. The molecular formula is C11H12ClNO5S2. The van der Waals surface area contributed by atoms with E-state index in [0.29, 0.717) is 0 Å². The Balaban J connectivity index is 1.85. The van der Waals surface area contributed by atoms with E-state index in [1.807, 2.05) is 0 Å². The number of sulfonamides is 1. The highest BCUT2D eigenvalue weighted by atomic mass is 35.5. The Kier molecular flexibility index (Phi) is 3.54. The number of hydrogen-bond donors (Lipinski definition) is 1. The molecular weight excluding hydrogens is 326 g/mol. The first-order chi connectivity index (χ1) is 9.41. The molecule has 9 heteroatoms. The molecule has 1 aromatic heterocycles. The molecule has 2 aliphatic heterocycles. The highest BCUT2D eigenvalue weighted by Crippen LogP contribution is 2.38. The Morgan fingerprint density at radius 3 is 2.85 bits per heavy atom. The van der Waals surface area contributed by atoms with Gasteiger partial charge in [-0.1, -0.05) is 11.6 Å². The third-order valence-corrected chi connectivity index (χ3v) is 7.09. The summed E-state index contributed by atoms with van der Waals surface area (Å²) in [6, 6.07) is 1.46. The van der Waals surface area contributed by atoms with E-state index in [9.17, 15) is 13.2 Å². The molecule has 3 atom stereocenters. The van der Waals surface area contributed by atoms with Crippen molar-refractivity contribution in [2.75, 3.05) is 19.7 Å². The number of nitrogens with zero attached hydrogens (tertiary/aromatic N) is 1. The highest BCUT2D eigenvalue weighted by molar-refractivity contribution is 7.89. The second-order valence-corrected chi connectivity index (χ2v) is 8.29. The summed E-state index contributed by atoms with van der Waals surface area (Å²) >= 11 is 7.04. The summed E-state index contributed by atoms with van der Waals surface area (Å²) in [7, 11) is -3.68. The molecule has 0 unspecified atom stereocenters. The van der Waals surface area contributed by atoms with Crippen LogP contribution in [0, 0.1) is 11.8 Å². The first-order valence-electron chi connectivity index (χ1n) is 5.99. The lowest BCUT2D eigenvalue weighted by molar-refractivity contribution is -0.142. The molecule has 3 heterocycles. The van der Waals surface area contributed by atoms with Gasteiger partial charge in [-0.05, 0) is 11.4 Å². The summed E-state index contributed by atoms with van der Waals surface area (Å²) in [4.78, 5) is 11.2. The fraction of sp³-hybridized carbons (Fsp3) is 0.545. The number of carboxylic acids is 1. The van der Waals surface area contributed by atoms with Crippen LogP contribution >= 0.6 is 22.9 Å². The smallest absolute Gasteiger partial charge is 0.309 e. The molecule has 2 aliphatic rings. The SMILES string of the molecule is O=C(O)[C@@H]1CO[C@@H]2CN(S(=O)(=O)c3ccsc3Cl)C[C@@H]21. The number of hydrogen-bond acceptors (Lipinski definition) is 5. The number of aliphatic carboxylic acids is 1. The van der Waals surface area contributed by atoms with Crippen LogP contribution in [-0.2, 0) is 19.6 Å². The van der Waals surface area contributed by atoms with Crippen LogP contribution in [0.4, 0.5) is 0 Å². The van der Waals surface area contributed by atoms with Gasteiger partial charge in [-0.3, -0.25) is 4.79 Å². The minimum Gasteiger partial charge on any atom is -0.481 e. The van der Waals surface area contributed by atoms with Crippen molar-refractivity contribution in [2.24, 2.45) is 11.8 Å². The van der Waals surface area contributed by atoms with Crippen molar-refractivity contribution < 1.29 is 23.1 Å². The van der Waals surface area contributed by atoms with Crippen molar-refractivity contribution in [3.05, 3.63) is 15.8 Å². The van der Waals surface area contributed by atoms with Gasteiger partial charge in [-0.25, -0.2) is 8.42 Å². The second-order valence-electron chi connectivity index (χ2n) is 4.86. The van der Waals surface area contributed by atoms with E-state index in [4.69, 9.17) is 21.4 Å². The fourth-order valence-electron chi connectivity index (χ4n) is 2.73. The van der Waals surface area contributed by atoms with Crippen molar-refractivity contribution in [3.63, 3.8) is 0 Å². The largest absolute Gasteiger partial charge is 0.481 e. The minimum absolute atomic E-state index is 0.0796. The van der Waals surface area contributed by atoms with Crippen molar-refractivity contribution >= 4 is 38.9 Å². The zero-order chi connectivity index (χ0) is 14.5. The van der Waals surface area contributed by atoms with E-state index >= 15 is 0 Å². The van der Waals surface area contributed by atoms with Crippen molar-refractivity contribution in [1.82, 2.24) is 4.31 Å². The normalized spacial score (nSPS) is 30.6. The van der Waals surface area contributed by atoms with Crippen LogP contribution in [0.3, 0.4) is 0 Å². The maximum atomic E-state index is 12.5. The number of fused-ring (bicyclic) bond motifs is 1. The molecule has 0 radical (unpaired) electrons. The van der Waals surface area contributed by atoms with Crippen LogP contribution in [0.25, 0.3) is 0 Å². The Bertz CT molecular complexity index is 643. The number of thiophene rings is 1. The number of carboxylic acid groups (broad SMARTS) is 1. The molecule has 20 heavy (non-hydrogen) atoms. The molecule has 0 spiro atoms. The first kappa shape index (κ1) is 14.3. The van der Waals surface area contributed by atoms with Gasteiger partial charge < -0.3 is 9.84 Å². The van der Waals surface area contributed by atoms with E-state index in [-0.39, 0.29) is 41.0 Å². The molecule has 0 saturated carbocycles. The summed E-state index contributed by atoms with van der Waals surface area (Å²) in [5.74, 6) is -1.87. The summed E-state index contributed by atoms with van der Waals surface area (Å²) in [5.41, 5.74) is 0. The second kappa shape index (κ2) is 4.96. The van der Waals surface area contributed by atoms with E-state index in [1.54, 1.807) is 5.38 Å². The lowest BCUT2D eigenvalue weighted by Crippen LogP contribution is -2.32. The average molecular weight is 338 g/mol. The Hall–Kier alpha value is -0.670. The predicted octanol–water partition coefficient (Wildman–Crippen LogP) is 1.12. The van der Waals surface area contributed by atoms with Crippen LogP contribution in [0.1, 0.15) is 0 Å². The summed E-state index contributed by atoms with van der Waals surface area (Å²) < 4.78 is 31.8. The molecule has 0 amide bonds. The molecule has 2 saturated heterocycles. The number of carbonyl (C=O) groups is 1. The van der Waals surface area contributed by atoms with Gasteiger partial charge in [0.05, 0.1) is 18.6 Å². The van der Waals surface area contributed by atoms with E-state index in [0.717, 1.165) is 11.3 Å². The van der Waals surface area contributed by atoms with Crippen LogP contribution in [-0.4, -0.2) is 49.6 Å². The maximum Gasteiger partial charge on any atom is 0.309 e. The summed E-state index contributed by atoms with van der Waals surface area (Å²) in [5, 5.41) is 10.7. The average Bonchev–Trinajstić information content (AvgIpc) is 3.00. The van der Waals surface area contributed by atoms with E-state index < -0.39 is 21.9 Å². The third-order valence-electron chi connectivity index (χ3n) is 3.80. The molecule has 0 aromatic carbocycles. The van der Waals surface area contributed by atoms with Crippen molar-refractivity contribution in [1.29, 1.82) is 0 Å². The van der Waals surface area contributed by atoms with Crippen molar-refractivity contribution in [3.8, 4) is 0 Å². The van der Waals surface area contributed by atoms with E-state index in [2.05, 4.69) is 0 Å². The Morgan fingerprint density at radius 2 is 2.25 bits per heavy atom. The zero-order valence-corrected chi connectivity index (χ0v) is 12.6. The van der Waals surface area contributed by atoms with Gasteiger partial charge in [0.15, 0.2) is 0 Å². The molecule has 110 valence electrons. The summed E-state index contributed by atoms with van der Waals surface area (Å²) in [6.45, 7) is 0.497. The summed E-state index contributed by atoms with van der Waals surface area (Å²) in [6.07, 6.45) is -0.344. The highest BCUT2D eigenvalue weighted by Gasteiger charge is 2.50. The van der Waals surface area contributed by atoms with Crippen LogP contribution in [0.2, 0.25) is 4.34 Å². The molecule has 1 aromatic rings. The topological polar surface area (TPSA) is 83.9 Å². The van der Waals surface area contributed by atoms with Crippen LogP contribution < -0.4 is 0 Å². The van der Waals surface area contributed by atoms with Gasteiger partial charge in [-0.2, -0.15) is 4.31 Å². The maximum absolute atomic E-state index is 12.5. The Labute approximate surface area is 125 Å². The van der Waals surface area contributed by atoms with Gasteiger partial charge >= 0.3 is 5.97 Å². The minimum atomic E-state index is -3.68. The molecule has 6 nitrogen and oxygen atoms in total. The standard InChI is InChI=1S/C11H12ClNO5S2/c12-10-9(1-2-19-10)20(16,17)13-3-6-7(11(14)15)5-18-8(6)4-13/h1-2,6-8H,3-5H2,(H,14,15)/t6-,7-,8-/m1/s1. The first-order valence-corrected chi connectivity index (χ1v) is 8.68. The number of rotatable bonds is 3. The fourth-order valence-corrected chi connectivity index (χ4v) is 5.73. The predicted molar refractivity (Wildman–Crippen MR) is 72.4 cm³/mol. The quantitative estimate of drug-likeness (QED) is 0.893. The number of halogens is 1. The lowest BCUT2D eigenvalue weighted by atomic mass is 9.94. The van der Waals surface area contributed by atoms with Crippen LogP contribution in [0.15, 0.2) is 16.3 Å². The van der Waals surface area contributed by atoms with E-state index in [1.165, 1.54) is 10.4 Å². The van der Waals surface area contributed by atoms with Crippen LogP contribution in [0.5, 0.6) is 0 Å². The van der Waals surface area contributed by atoms with Gasteiger partial charge in [0.1, 0.15) is 9.23 Å². The third kappa shape index (κ3) is 2.15. The van der Waals surface area contributed by atoms with Gasteiger partial charge in [0.25, 0.3) is 0 Å². The van der Waals surface area contributed by atoms with Crippen molar-refractivity contribution in [2.45, 2.75) is 11.0 Å². The molecule has 0 aliphatic carbocycles. The number of ether oxygens (including phenoxy) is 1. The molecule has 0 bridgehead atoms. The Morgan fingerprint density at radius 1 is 1.50 bits per heavy atom. The molecule has 2 fully saturated rings. The molecule has 3 rings (SSSR count).